The first-order valence-corrected chi connectivity index (χ1v) is 10.6. The van der Waals surface area contributed by atoms with Gasteiger partial charge in [0.25, 0.3) is 0 Å². The van der Waals surface area contributed by atoms with Crippen LogP contribution in [0.3, 0.4) is 0 Å². The summed E-state index contributed by atoms with van der Waals surface area (Å²) in [6.07, 6.45) is 6.78. The number of nitrogens with zero attached hydrogens (tertiary/aromatic N) is 4. The lowest BCUT2D eigenvalue weighted by molar-refractivity contribution is -0.128. The molecule has 1 atom stereocenters. The average molecular weight is 404 g/mol. The first-order chi connectivity index (χ1) is 14.6. The Kier molecular flexibility index (Phi) is 6.23. The maximum atomic E-state index is 13.1. The molecule has 3 heterocycles. The SMILES string of the molecule is Cc1nn(-c2ccccc2)c(C)c1CNC(=O)C1CCCCN1Cc1cccnc1. The fraction of sp³-hybridized carbons (Fsp3) is 0.375. The summed E-state index contributed by atoms with van der Waals surface area (Å²) in [4.78, 5) is 19.6. The minimum atomic E-state index is -0.0938. The second kappa shape index (κ2) is 9.22. The second-order valence-corrected chi connectivity index (χ2v) is 7.96. The number of hydrogen-bond acceptors (Lipinski definition) is 4. The van der Waals surface area contributed by atoms with E-state index in [1.165, 1.54) is 0 Å². The number of aryl methyl sites for hydroxylation is 1. The zero-order chi connectivity index (χ0) is 20.9. The van der Waals surface area contributed by atoms with Crippen LogP contribution in [0.25, 0.3) is 5.69 Å². The molecule has 1 saturated heterocycles. The van der Waals surface area contributed by atoms with Crippen LogP contribution in [0.5, 0.6) is 0 Å². The van der Waals surface area contributed by atoms with Gasteiger partial charge in [-0.05, 0) is 57.0 Å². The molecule has 1 aromatic carbocycles. The monoisotopic (exact) mass is 403 g/mol. The maximum Gasteiger partial charge on any atom is 0.237 e. The van der Waals surface area contributed by atoms with Gasteiger partial charge in [0.05, 0.1) is 17.4 Å². The molecule has 4 rings (SSSR count). The van der Waals surface area contributed by atoms with E-state index in [4.69, 9.17) is 0 Å². The number of hydrogen-bond donors (Lipinski definition) is 1. The number of benzene rings is 1. The van der Waals surface area contributed by atoms with Crippen LogP contribution in [0.4, 0.5) is 0 Å². The van der Waals surface area contributed by atoms with Gasteiger partial charge in [-0.25, -0.2) is 4.68 Å². The standard InChI is InChI=1S/C24H29N5O/c1-18-22(19(2)29(27-18)21-10-4-3-5-11-21)16-26-24(30)23-12-6-7-14-28(23)17-20-9-8-13-25-15-20/h3-5,8-11,13,15,23H,6-7,12,14,16-17H2,1-2H3,(H,26,30). The van der Waals surface area contributed by atoms with E-state index >= 15 is 0 Å². The van der Waals surface area contributed by atoms with Crippen molar-refractivity contribution in [3.8, 4) is 5.69 Å². The first kappa shape index (κ1) is 20.3. The van der Waals surface area contributed by atoms with Crippen molar-refractivity contribution in [3.63, 3.8) is 0 Å². The molecule has 0 radical (unpaired) electrons. The Morgan fingerprint density at radius 1 is 1.13 bits per heavy atom. The number of pyridine rings is 1. The summed E-state index contributed by atoms with van der Waals surface area (Å²) < 4.78 is 1.95. The number of carbonyl (C=O) groups excluding carboxylic acids is 1. The van der Waals surface area contributed by atoms with E-state index in [9.17, 15) is 4.79 Å². The molecule has 0 saturated carbocycles. The molecule has 1 N–H and O–H groups in total. The summed E-state index contributed by atoms with van der Waals surface area (Å²) in [5.41, 5.74) is 5.28. The van der Waals surface area contributed by atoms with Crippen molar-refractivity contribution < 1.29 is 4.79 Å². The molecule has 6 nitrogen and oxygen atoms in total. The molecular formula is C24H29N5O. The normalized spacial score (nSPS) is 17.1. The number of aromatic nitrogens is 3. The molecule has 1 unspecified atom stereocenters. The Labute approximate surface area is 177 Å². The Morgan fingerprint density at radius 2 is 1.97 bits per heavy atom. The third kappa shape index (κ3) is 4.44. The number of nitrogens with one attached hydrogen (secondary N) is 1. The Hall–Kier alpha value is -2.99. The summed E-state index contributed by atoms with van der Waals surface area (Å²) in [5, 5.41) is 7.87. The number of carbonyl (C=O) groups is 1. The van der Waals surface area contributed by atoms with E-state index in [-0.39, 0.29) is 11.9 Å². The van der Waals surface area contributed by atoms with Gasteiger partial charge in [-0.1, -0.05) is 30.7 Å². The third-order valence-corrected chi connectivity index (χ3v) is 5.91. The summed E-state index contributed by atoms with van der Waals surface area (Å²) >= 11 is 0. The largest absolute Gasteiger partial charge is 0.351 e. The first-order valence-electron chi connectivity index (χ1n) is 10.6. The lowest BCUT2D eigenvalue weighted by Crippen LogP contribution is -2.48. The Bertz CT molecular complexity index is 984. The topological polar surface area (TPSA) is 63.1 Å². The van der Waals surface area contributed by atoms with Crippen molar-refractivity contribution in [3.05, 3.63) is 77.4 Å². The lowest BCUT2D eigenvalue weighted by Gasteiger charge is -2.34. The van der Waals surface area contributed by atoms with Gasteiger partial charge in [-0.3, -0.25) is 14.7 Å². The number of likely N-dealkylation sites (tertiary alicyclic amines) is 1. The minimum Gasteiger partial charge on any atom is -0.351 e. The van der Waals surface area contributed by atoms with Gasteiger partial charge in [0, 0.05) is 36.7 Å². The molecule has 0 bridgehead atoms. The molecule has 156 valence electrons. The molecule has 30 heavy (non-hydrogen) atoms. The summed E-state index contributed by atoms with van der Waals surface area (Å²) in [7, 11) is 0. The van der Waals surface area contributed by atoms with Crippen molar-refractivity contribution >= 4 is 5.91 Å². The zero-order valence-corrected chi connectivity index (χ0v) is 17.7. The quantitative estimate of drug-likeness (QED) is 0.684. The van der Waals surface area contributed by atoms with Crippen LogP contribution < -0.4 is 5.32 Å². The zero-order valence-electron chi connectivity index (χ0n) is 17.7. The lowest BCUT2D eigenvalue weighted by atomic mass is 10.0. The predicted octanol–water partition coefficient (Wildman–Crippen LogP) is 3.56. The molecule has 1 aliphatic rings. The van der Waals surface area contributed by atoms with Crippen molar-refractivity contribution in [1.82, 2.24) is 25.0 Å². The van der Waals surface area contributed by atoms with Crippen LogP contribution in [0.15, 0.2) is 54.9 Å². The smallest absolute Gasteiger partial charge is 0.237 e. The fourth-order valence-electron chi connectivity index (χ4n) is 4.25. The number of piperidine rings is 1. The maximum absolute atomic E-state index is 13.1. The van der Waals surface area contributed by atoms with E-state index in [0.717, 1.165) is 60.6 Å². The van der Waals surface area contributed by atoms with Crippen LogP contribution in [0, 0.1) is 13.8 Å². The van der Waals surface area contributed by atoms with E-state index in [0.29, 0.717) is 6.54 Å². The predicted molar refractivity (Wildman–Crippen MR) is 117 cm³/mol. The van der Waals surface area contributed by atoms with E-state index in [1.807, 2.05) is 54.2 Å². The molecule has 6 heteroatoms. The van der Waals surface area contributed by atoms with Crippen LogP contribution in [0.1, 0.15) is 41.8 Å². The van der Waals surface area contributed by atoms with Gasteiger partial charge in [-0.15, -0.1) is 0 Å². The second-order valence-electron chi connectivity index (χ2n) is 7.96. The summed E-state index contributed by atoms with van der Waals surface area (Å²) in [5.74, 6) is 0.102. The van der Waals surface area contributed by atoms with Crippen molar-refractivity contribution in [2.45, 2.75) is 52.2 Å². The van der Waals surface area contributed by atoms with Gasteiger partial charge >= 0.3 is 0 Å². The van der Waals surface area contributed by atoms with E-state index in [2.05, 4.69) is 33.3 Å². The Balaban J connectivity index is 1.44. The van der Waals surface area contributed by atoms with E-state index < -0.39 is 0 Å². The van der Waals surface area contributed by atoms with Crippen molar-refractivity contribution in [2.75, 3.05) is 6.54 Å². The molecule has 1 amide bonds. The number of rotatable bonds is 6. The van der Waals surface area contributed by atoms with Crippen LogP contribution in [0.2, 0.25) is 0 Å². The minimum absolute atomic E-state index is 0.0938. The van der Waals surface area contributed by atoms with Crippen LogP contribution in [-0.2, 0) is 17.9 Å². The molecule has 3 aromatic rings. The summed E-state index contributed by atoms with van der Waals surface area (Å²) in [6, 6.07) is 14.0. The van der Waals surface area contributed by atoms with Gasteiger partial charge in [0.2, 0.25) is 5.91 Å². The van der Waals surface area contributed by atoms with Crippen LogP contribution in [-0.4, -0.2) is 38.2 Å². The molecule has 1 aliphatic heterocycles. The molecular weight excluding hydrogens is 374 g/mol. The highest BCUT2D eigenvalue weighted by atomic mass is 16.2. The highest BCUT2D eigenvalue weighted by molar-refractivity contribution is 5.81. The van der Waals surface area contributed by atoms with E-state index in [1.54, 1.807) is 6.20 Å². The molecule has 1 fully saturated rings. The third-order valence-electron chi connectivity index (χ3n) is 5.91. The highest BCUT2D eigenvalue weighted by Gasteiger charge is 2.29. The highest BCUT2D eigenvalue weighted by Crippen LogP contribution is 2.21. The van der Waals surface area contributed by atoms with Gasteiger partial charge < -0.3 is 5.32 Å². The number of amides is 1. The molecule has 2 aromatic heterocycles. The van der Waals surface area contributed by atoms with Gasteiger partial charge in [-0.2, -0.15) is 5.10 Å². The van der Waals surface area contributed by atoms with Crippen molar-refractivity contribution in [2.24, 2.45) is 0 Å². The van der Waals surface area contributed by atoms with Gasteiger partial charge in [0.1, 0.15) is 0 Å². The molecule has 0 aliphatic carbocycles. The Morgan fingerprint density at radius 3 is 2.73 bits per heavy atom. The van der Waals surface area contributed by atoms with Crippen LogP contribution >= 0.6 is 0 Å². The van der Waals surface area contributed by atoms with Crippen molar-refractivity contribution in [1.29, 1.82) is 0 Å². The van der Waals surface area contributed by atoms with Gasteiger partial charge in [0.15, 0.2) is 0 Å². The fourth-order valence-corrected chi connectivity index (χ4v) is 4.25. The number of para-hydroxylation sites is 1. The summed E-state index contributed by atoms with van der Waals surface area (Å²) in [6.45, 7) is 6.26. The molecule has 0 spiro atoms. The average Bonchev–Trinajstić information content (AvgIpc) is 3.07.